The van der Waals surface area contributed by atoms with Gasteiger partial charge in [0.1, 0.15) is 5.71 Å². The van der Waals surface area contributed by atoms with Crippen molar-refractivity contribution < 1.29 is 9.63 Å². The third-order valence-corrected chi connectivity index (χ3v) is 5.24. The van der Waals surface area contributed by atoms with Crippen LogP contribution in [0.5, 0.6) is 0 Å². The zero-order valence-corrected chi connectivity index (χ0v) is 15.7. The van der Waals surface area contributed by atoms with Crippen LogP contribution >= 0.6 is 11.3 Å². The van der Waals surface area contributed by atoms with Crippen molar-refractivity contribution in [3.8, 4) is 11.3 Å². The molecule has 0 aliphatic carbocycles. The summed E-state index contributed by atoms with van der Waals surface area (Å²) >= 11 is 1.40. The Bertz CT molecular complexity index is 965. The van der Waals surface area contributed by atoms with Gasteiger partial charge in [0.25, 0.3) is 5.91 Å². The van der Waals surface area contributed by atoms with Gasteiger partial charge in [-0.05, 0) is 17.5 Å². The number of carbonyl (C=O) groups is 1. The maximum atomic E-state index is 12.5. The van der Waals surface area contributed by atoms with Gasteiger partial charge < -0.3 is 4.84 Å². The topological polar surface area (TPSA) is 63.6 Å². The molecule has 0 fully saturated rings. The fraction of sp³-hybridized carbons (Fsp3) is 0.190. The lowest BCUT2D eigenvalue weighted by atomic mass is 10.0. The van der Waals surface area contributed by atoms with Crippen molar-refractivity contribution in [2.75, 3.05) is 5.32 Å². The number of thiazole rings is 1. The molecule has 1 aromatic heterocycles. The fourth-order valence-electron chi connectivity index (χ4n) is 2.90. The maximum absolute atomic E-state index is 12.5. The van der Waals surface area contributed by atoms with E-state index < -0.39 is 0 Å². The number of aryl methyl sites for hydroxylation is 1. The van der Waals surface area contributed by atoms with Gasteiger partial charge in [-0.3, -0.25) is 10.1 Å². The molecule has 3 aromatic rings. The number of oxime groups is 1. The first-order chi connectivity index (χ1) is 13.2. The van der Waals surface area contributed by atoms with Crippen molar-refractivity contribution in [2.24, 2.45) is 5.16 Å². The van der Waals surface area contributed by atoms with Crippen molar-refractivity contribution in [3.05, 3.63) is 71.1 Å². The molecule has 2 heterocycles. The summed E-state index contributed by atoms with van der Waals surface area (Å²) in [7, 11) is 0. The van der Waals surface area contributed by atoms with E-state index in [2.05, 4.69) is 46.6 Å². The van der Waals surface area contributed by atoms with Crippen LogP contribution < -0.4 is 5.32 Å². The number of nitrogens with zero attached hydrogens (tertiary/aromatic N) is 2. The standard InChI is InChI=1S/C21H19N3O2S/c1-2-14-8-10-15(11-9-14)18-13-27-21(22-18)23-20(25)17-12-19(26-24-17)16-6-4-3-5-7-16/h3-11,13,19H,2,12H2,1H3,(H,22,23,25). The molecule has 1 aliphatic heterocycles. The molecule has 27 heavy (non-hydrogen) atoms. The van der Waals surface area contributed by atoms with Gasteiger partial charge in [-0.2, -0.15) is 0 Å². The fourth-order valence-corrected chi connectivity index (χ4v) is 3.62. The number of aromatic nitrogens is 1. The Balaban J connectivity index is 1.39. The number of hydrogen-bond acceptors (Lipinski definition) is 5. The lowest BCUT2D eigenvalue weighted by Gasteiger charge is -2.07. The second-order valence-corrected chi connectivity index (χ2v) is 7.15. The van der Waals surface area contributed by atoms with Gasteiger partial charge in [0.05, 0.1) is 5.69 Å². The van der Waals surface area contributed by atoms with E-state index in [9.17, 15) is 4.79 Å². The highest BCUT2D eigenvalue weighted by atomic mass is 32.1. The average molecular weight is 377 g/mol. The Morgan fingerprint density at radius 1 is 1.19 bits per heavy atom. The number of rotatable bonds is 5. The molecule has 2 aromatic carbocycles. The van der Waals surface area contributed by atoms with E-state index in [1.807, 2.05) is 35.7 Å². The van der Waals surface area contributed by atoms with E-state index >= 15 is 0 Å². The Morgan fingerprint density at radius 3 is 2.70 bits per heavy atom. The molecule has 1 atom stereocenters. The van der Waals surface area contributed by atoms with Crippen LogP contribution in [0.1, 0.15) is 30.6 Å². The van der Waals surface area contributed by atoms with Gasteiger partial charge in [-0.1, -0.05) is 66.7 Å². The molecule has 6 heteroatoms. The van der Waals surface area contributed by atoms with Gasteiger partial charge in [0.2, 0.25) is 0 Å². The van der Waals surface area contributed by atoms with E-state index in [4.69, 9.17) is 4.84 Å². The SMILES string of the molecule is CCc1ccc(-c2csc(NC(=O)C3=NOC(c4ccccc4)C3)n2)cc1. The summed E-state index contributed by atoms with van der Waals surface area (Å²) in [5.41, 5.74) is 4.57. The zero-order valence-electron chi connectivity index (χ0n) is 14.9. The minimum atomic E-state index is -0.268. The van der Waals surface area contributed by atoms with E-state index in [1.54, 1.807) is 0 Å². The van der Waals surface area contributed by atoms with Crippen LogP contribution in [0, 0.1) is 0 Å². The first kappa shape index (κ1) is 17.4. The van der Waals surface area contributed by atoms with Crippen molar-refractivity contribution in [1.82, 2.24) is 4.98 Å². The van der Waals surface area contributed by atoms with Crippen molar-refractivity contribution >= 4 is 28.1 Å². The van der Waals surface area contributed by atoms with Gasteiger partial charge in [0, 0.05) is 17.4 Å². The van der Waals surface area contributed by atoms with Crippen molar-refractivity contribution in [3.63, 3.8) is 0 Å². The molecule has 0 radical (unpaired) electrons. The van der Waals surface area contributed by atoms with Crippen LogP contribution in [0.15, 0.2) is 65.1 Å². The minimum absolute atomic E-state index is 0.212. The summed E-state index contributed by atoms with van der Waals surface area (Å²) in [6.45, 7) is 2.13. The van der Waals surface area contributed by atoms with E-state index in [0.717, 1.165) is 23.2 Å². The molecule has 5 nitrogen and oxygen atoms in total. The van der Waals surface area contributed by atoms with Crippen LogP contribution in [-0.4, -0.2) is 16.6 Å². The summed E-state index contributed by atoms with van der Waals surface area (Å²) in [5, 5.41) is 9.28. The van der Waals surface area contributed by atoms with Crippen LogP contribution in [0.25, 0.3) is 11.3 Å². The lowest BCUT2D eigenvalue weighted by molar-refractivity contribution is -0.110. The van der Waals surface area contributed by atoms with E-state index in [1.165, 1.54) is 16.9 Å². The third-order valence-electron chi connectivity index (χ3n) is 4.48. The molecule has 0 spiro atoms. The number of benzene rings is 2. The average Bonchev–Trinajstić information content (AvgIpc) is 3.39. The highest BCUT2D eigenvalue weighted by Gasteiger charge is 2.27. The number of hydrogen-bond donors (Lipinski definition) is 1. The normalized spacial score (nSPS) is 15.9. The Hall–Kier alpha value is -2.99. The summed E-state index contributed by atoms with van der Waals surface area (Å²) < 4.78 is 0. The molecular weight excluding hydrogens is 358 g/mol. The molecule has 1 N–H and O–H groups in total. The smallest absolute Gasteiger partial charge is 0.275 e. The Labute approximate surface area is 161 Å². The van der Waals surface area contributed by atoms with Crippen LogP contribution in [0.4, 0.5) is 5.13 Å². The minimum Gasteiger partial charge on any atom is -0.387 e. The molecule has 1 amide bonds. The molecule has 136 valence electrons. The van der Waals surface area contributed by atoms with Gasteiger partial charge in [-0.25, -0.2) is 4.98 Å². The van der Waals surface area contributed by atoms with Gasteiger partial charge in [0.15, 0.2) is 11.2 Å². The quantitative estimate of drug-likeness (QED) is 0.693. The first-order valence-electron chi connectivity index (χ1n) is 8.86. The first-order valence-corrected chi connectivity index (χ1v) is 9.74. The molecule has 1 unspecified atom stereocenters. The van der Waals surface area contributed by atoms with Gasteiger partial charge in [-0.15, -0.1) is 11.3 Å². The summed E-state index contributed by atoms with van der Waals surface area (Å²) in [6.07, 6.45) is 1.25. The third kappa shape index (κ3) is 3.90. The van der Waals surface area contributed by atoms with Crippen LogP contribution in [-0.2, 0) is 16.1 Å². The maximum Gasteiger partial charge on any atom is 0.275 e. The predicted octanol–water partition coefficient (Wildman–Crippen LogP) is 4.83. The Kier molecular flexibility index (Phi) is 4.98. The van der Waals surface area contributed by atoms with E-state index in [-0.39, 0.29) is 12.0 Å². The highest BCUT2D eigenvalue weighted by Crippen LogP contribution is 2.28. The molecule has 0 saturated heterocycles. The predicted molar refractivity (Wildman–Crippen MR) is 108 cm³/mol. The van der Waals surface area contributed by atoms with Crippen LogP contribution in [0.3, 0.4) is 0 Å². The number of anilines is 1. The molecule has 0 saturated carbocycles. The molecule has 4 rings (SSSR count). The Morgan fingerprint density at radius 2 is 1.96 bits per heavy atom. The summed E-state index contributed by atoms with van der Waals surface area (Å²) in [4.78, 5) is 22.4. The largest absolute Gasteiger partial charge is 0.387 e. The molecule has 0 bridgehead atoms. The number of carbonyl (C=O) groups excluding carboxylic acids is 1. The monoisotopic (exact) mass is 377 g/mol. The van der Waals surface area contributed by atoms with Crippen molar-refractivity contribution in [2.45, 2.75) is 25.9 Å². The second kappa shape index (κ2) is 7.72. The molecule has 1 aliphatic rings. The van der Waals surface area contributed by atoms with Crippen molar-refractivity contribution in [1.29, 1.82) is 0 Å². The zero-order chi connectivity index (χ0) is 18.6. The number of nitrogens with one attached hydrogen (secondary N) is 1. The lowest BCUT2D eigenvalue weighted by Crippen LogP contribution is -2.21. The summed E-state index contributed by atoms with van der Waals surface area (Å²) in [6, 6.07) is 18.1. The highest BCUT2D eigenvalue weighted by molar-refractivity contribution is 7.14. The van der Waals surface area contributed by atoms with Crippen LogP contribution in [0.2, 0.25) is 0 Å². The summed E-state index contributed by atoms with van der Waals surface area (Å²) in [5.74, 6) is -0.268. The van der Waals surface area contributed by atoms with E-state index in [0.29, 0.717) is 17.3 Å². The number of amides is 1. The molecular formula is C21H19N3O2S. The second-order valence-electron chi connectivity index (χ2n) is 6.29. The van der Waals surface area contributed by atoms with Gasteiger partial charge >= 0.3 is 0 Å².